The second-order valence-electron chi connectivity index (χ2n) is 4.92. The molecule has 0 fully saturated rings. The third-order valence-corrected chi connectivity index (χ3v) is 2.02. The predicted molar refractivity (Wildman–Crippen MR) is 65.0 cm³/mol. The molecule has 16 heavy (non-hydrogen) atoms. The van der Waals surface area contributed by atoms with Crippen LogP contribution in [-0.4, -0.2) is 23.0 Å². The molecule has 0 saturated carbocycles. The van der Waals surface area contributed by atoms with Crippen LogP contribution in [0.3, 0.4) is 0 Å². The number of carbonyl (C=O) groups is 1. The second kappa shape index (κ2) is 5.70. The van der Waals surface area contributed by atoms with Crippen LogP contribution in [0.1, 0.15) is 32.9 Å². The largest absolute Gasteiger partial charge is 0.364 e. The first-order valence-corrected chi connectivity index (χ1v) is 5.61. The maximum atomic E-state index is 11.5. The van der Waals surface area contributed by atoms with Crippen molar-refractivity contribution in [2.45, 2.75) is 39.3 Å². The number of hydrogen-bond acceptors (Lipinski definition) is 2. The van der Waals surface area contributed by atoms with Crippen molar-refractivity contribution < 1.29 is 4.79 Å². The van der Waals surface area contributed by atoms with Crippen LogP contribution in [0.5, 0.6) is 0 Å². The second-order valence-corrected chi connectivity index (χ2v) is 4.92. The van der Waals surface area contributed by atoms with Gasteiger partial charge >= 0.3 is 0 Å². The van der Waals surface area contributed by atoms with Crippen molar-refractivity contribution in [3.63, 3.8) is 0 Å². The van der Waals surface area contributed by atoms with E-state index < -0.39 is 0 Å². The Labute approximate surface area is 96.8 Å². The Morgan fingerprint density at radius 3 is 2.75 bits per heavy atom. The summed E-state index contributed by atoms with van der Waals surface area (Å²) in [5.41, 5.74) is 0.993. The van der Waals surface area contributed by atoms with E-state index in [1.165, 1.54) is 0 Å². The normalized spacial score (nSPS) is 11.4. The molecule has 0 radical (unpaired) electrons. The lowest BCUT2D eigenvalue weighted by molar-refractivity contribution is -0.122. The molecule has 0 aliphatic heterocycles. The minimum Gasteiger partial charge on any atom is -0.364 e. The van der Waals surface area contributed by atoms with Crippen molar-refractivity contribution in [3.8, 4) is 0 Å². The number of aromatic amines is 1. The van der Waals surface area contributed by atoms with Crippen LogP contribution >= 0.6 is 0 Å². The quantitative estimate of drug-likeness (QED) is 0.661. The Bertz CT molecular complexity index is 312. The van der Waals surface area contributed by atoms with Gasteiger partial charge in [-0.15, -0.1) is 0 Å². The van der Waals surface area contributed by atoms with Crippen LogP contribution in [0.25, 0.3) is 0 Å². The zero-order valence-electron chi connectivity index (χ0n) is 10.3. The van der Waals surface area contributed by atoms with Gasteiger partial charge in [-0.05, 0) is 32.9 Å². The predicted octanol–water partition coefficient (Wildman–Crippen LogP) is 1.41. The molecule has 1 heterocycles. The zero-order chi connectivity index (χ0) is 12.0. The fraction of sp³-hybridized carbons (Fsp3) is 0.583. The average Bonchev–Trinajstić information content (AvgIpc) is 2.62. The number of amides is 1. The Hall–Kier alpha value is -1.29. The molecule has 0 aliphatic rings. The Kier molecular flexibility index (Phi) is 4.55. The van der Waals surface area contributed by atoms with E-state index in [1.54, 1.807) is 0 Å². The number of nitrogens with one attached hydrogen (secondary N) is 3. The summed E-state index contributed by atoms with van der Waals surface area (Å²) in [7, 11) is 0. The van der Waals surface area contributed by atoms with E-state index in [4.69, 9.17) is 0 Å². The minimum atomic E-state index is -0.142. The Morgan fingerprint density at radius 1 is 1.44 bits per heavy atom. The Morgan fingerprint density at radius 2 is 2.19 bits per heavy atom. The van der Waals surface area contributed by atoms with Crippen molar-refractivity contribution in [1.29, 1.82) is 0 Å². The molecule has 3 N–H and O–H groups in total. The van der Waals surface area contributed by atoms with E-state index in [-0.39, 0.29) is 11.4 Å². The van der Waals surface area contributed by atoms with Crippen LogP contribution in [0.4, 0.5) is 0 Å². The zero-order valence-corrected chi connectivity index (χ0v) is 10.3. The molecule has 0 atom stereocenters. The van der Waals surface area contributed by atoms with E-state index in [2.05, 4.69) is 15.6 Å². The lowest BCUT2D eigenvalue weighted by atomic mass is 10.1. The van der Waals surface area contributed by atoms with Gasteiger partial charge in [-0.2, -0.15) is 0 Å². The highest BCUT2D eigenvalue weighted by Gasteiger charge is 2.12. The first-order chi connectivity index (χ1) is 7.47. The number of aromatic nitrogens is 1. The molecule has 1 amide bonds. The molecule has 0 unspecified atom stereocenters. The van der Waals surface area contributed by atoms with E-state index in [9.17, 15) is 4.79 Å². The molecule has 1 rings (SSSR count). The molecule has 0 aliphatic carbocycles. The fourth-order valence-electron chi connectivity index (χ4n) is 1.38. The molecule has 90 valence electrons. The smallest absolute Gasteiger partial charge is 0.221 e. The number of H-pyrrole nitrogens is 1. The topological polar surface area (TPSA) is 56.9 Å². The summed E-state index contributed by atoms with van der Waals surface area (Å²) in [5, 5.41) is 6.14. The van der Waals surface area contributed by atoms with Gasteiger partial charge in [0.15, 0.2) is 0 Å². The number of rotatable bonds is 5. The molecular weight excluding hydrogens is 202 g/mol. The van der Waals surface area contributed by atoms with Crippen molar-refractivity contribution in [2.24, 2.45) is 0 Å². The highest BCUT2D eigenvalue weighted by atomic mass is 16.1. The molecule has 4 heteroatoms. The number of carbonyl (C=O) groups excluding carboxylic acids is 1. The lowest BCUT2D eigenvalue weighted by Crippen LogP contribution is -2.41. The van der Waals surface area contributed by atoms with Crippen LogP contribution in [0.2, 0.25) is 0 Å². The monoisotopic (exact) mass is 223 g/mol. The standard InChI is InChI=1S/C12H21N3O/c1-12(2,3)15-11(16)6-8-13-9-10-5-4-7-14-10/h4-5,7,13-14H,6,8-9H2,1-3H3,(H,15,16). The van der Waals surface area contributed by atoms with E-state index in [0.717, 1.165) is 12.2 Å². The van der Waals surface area contributed by atoms with Gasteiger partial charge in [0.25, 0.3) is 0 Å². The van der Waals surface area contributed by atoms with Crippen LogP contribution in [-0.2, 0) is 11.3 Å². The molecular formula is C12H21N3O. The van der Waals surface area contributed by atoms with Gasteiger partial charge in [0, 0.05) is 36.9 Å². The van der Waals surface area contributed by atoms with E-state index in [0.29, 0.717) is 13.0 Å². The van der Waals surface area contributed by atoms with Crippen LogP contribution in [0.15, 0.2) is 18.3 Å². The van der Waals surface area contributed by atoms with Gasteiger partial charge in [0.1, 0.15) is 0 Å². The highest BCUT2D eigenvalue weighted by molar-refractivity contribution is 5.76. The van der Waals surface area contributed by atoms with E-state index >= 15 is 0 Å². The number of hydrogen-bond donors (Lipinski definition) is 3. The van der Waals surface area contributed by atoms with Crippen molar-refractivity contribution in [3.05, 3.63) is 24.0 Å². The summed E-state index contributed by atoms with van der Waals surface area (Å²) in [6, 6.07) is 3.98. The van der Waals surface area contributed by atoms with Gasteiger partial charge in [-0.1, -0.05) is 0 Å². The van der Waals surface area contributed by atoms with E-state index in [1.807, 2.05) is 39.1 Å². The maximum absolute atomic E-state index is 11.5. The molecule has 0 spiro atoms. The first-order valence-electron chi connectivity index (χ1n) is 5.61. The molecule has 4 nitrogen and oxygen atoms in total. The summed E-state index contributed by atoms with van der Waals surface area (Å²) < 4.78 is 0. The summed E-state index contributed by atoms with van der Waals surface area (Å²) in [5.74, 6) is 0.0893. The van der Waals surface area contributed by atoms with Gasteiger partial charge in [-0.25, -0.2) is 0 Å². The SMILES string of the molecule is CC(C)(C)NC(=O)CCNCc1ccc[nH]1. The van der Waals surface area contributed by atoms with Gasteiger partial charge in [0.05, 0.1) is 0 Å². The Balaban J connectivity index is 2.09. The van der Waals surface area contributed by atoms with Crippen molar-refractivity contribution in [1.82, 2.24) is 15.6 Å². The molecule has 1 aromatic rings. The third kappa shape index (κ3) is 5.56. The average molecular weight is 223 g/mol. The van der Waals surface area contributed by atoms with Crippen molar-refractivity contribution >= 4 is 5.91 Å². The lowest BCUT2D eigenvalue weighted by Gasteiger charge is -2.20. The summed E-state index contributed by atoms with van der Waals surface area (Å²) in [6.07, 6.45) is 2.40. The molecule has 0 saturated heterocycles. The summed E-state index contributed by atoms with van der Waals surface area (Å²) in [4.78, 5) is 14.6. The minimum absolute atomic E-state index is 0.0893. The third-order valence-electron chi connectivity index (χ3n) is 2.02. The summed E-state index contributed by atoms with van der Waals surface area (Å²) >= 11 is 0. The summed E-state index contributed by atoms with van der Waals surface area (Å²) in [6.45, 7) is 7.42. The van der Waals surface area contributed by atoms with Crippen LogP contribution in [0, 0.1) is 0 Å². The van der Waals surface area contributed by atoms with Crippen LogP contribution < -0.4 is 10.6 Å². The molecule has 0 bridgehead atoms. The fourth-order valence-corrected chi connectivity index (χ4v) is 1.38. The highest BCUT2D eigenvalue weighted by Crippen LogP contribution is 1.99. The molecule has 0 aromatic carbocycles. The van der Waals surface area contributed by atoms with Gasteiger partial charge in [-0.3, -0.25) is 4.79 Å². The first kappa shape index (κ1) is 12.8. The van der Waals surface area contributed by atoms with Gasteiger partial charge < -0.3 is 15.6 Å². The maximum Gasteiger partial charge on any atom is 0.221 e. The molecule has 1 aromatic heterocycles. The van der Waals surface area contributed by atoms with Crippen molar-refractivity contribution in [2.75, 3.05) is 6.54 Å². The van der Waals surface area contributed by atoms with Gasteiger partial charge in [0.2, 0.25) is 5.91 Å².